The van der Waals surface area contributed by atoms with Crippen LogP contribution in [-0.4, -0.2) is 24.3 Å². The summed E-state index contributed by atoms with van der Waals surface area (Å²) in [6.07, 6.45) is 5.29. The number of carbonyl (C=O) groups excluding carboxylic acids is 1. The maximum atomic E-state index is 11.9. The molecule has 2 aromatic heterocycles. The van der Waals surface area contributed by atoms with Crippen LogP contribution in [0, 0.1) is 0 Å². The number of hydrogen-bond acceptors (Lipinski definition) is 6. The lowest BCUT2D eigenvalue weighted by atomic mass is 10.1. The van der Waals surface area contributed by atoms with Crippen LogP contribution in [0.25, 0.3) is 15.8 Å². The molecule has 0 unspecified atom stereocenters. The van der Waals surface area contributed by atoms with Crippen LogP contribution in [0.4, 0.5) is 5.69 Å². The second-order valence-corrected chi connectivity index (χ2v) is 5.49. The average Bonchev–Trinajstić information content (AvgIpc) is 2.84. The highest BCUT2D eigenvalue weighted by Gasteiger charge is 2.18. The van der Waals surface area contributed by atoms with E-state index in [9.17, 15) is 4.79 Å². The molecule has 6 heteroatoms. The van der Waals surface area contributed by atoms with E-state index in [1.165, 1.54) is 11.3 Å². The molecule has 0 aliphatic rings. The lowest BCUT2D eigenvalue weighted by Crippen LogP contribution is -2.04. The van der Waals surface area contributed by atoms with E-state index in [-0.39, 0.29) is 0 Å². The van der Waals surface area contributed by atoms with Crippen LogP contribution < -0.4 is 5.73 Å². The maximum absolute atomic E-state index is 11.9. The highest BCUT2D eigenvalue weighted by Crippen LogP contribution is 2.33. The monoisotopic (exact) mass is 315 g/mol. The fourth-order valence-electron chi connectivity index (χ4n) is 1.90. The van der Waals surface area contributed by atoms with Gasteiger partial charge in [-0.25, -0.2) is 9.78 Å². The van der Waals surface area contributed by atoms with E-state index in [2.05, 4.69) is 16.7 Å². The predicted molar refractivity (Wildman–Crippen MR) is 92.3 cm³/mol. The third-order valence-corrected chi connectivity index (χ3v) is 4.09. The van der Waals surface area contributed by atoms with Crippen molar-refractivity contribution in [1.29, 1.82) is 0 Å². The van der Waals surface area contributed by atoms with Crippen LogP contribution in [-0.2, 0) is 4.74 Å². The van der Waals surface area contributed by atoms with Gasteiger partial charge in [0.1, 0.15) is 9.71 Å². The van der Waals surface area contributed by atoms with Gasteiger partial charge in [-0.05, 0) is 44.3 Å². The number of hydrogen-bond donors (Lipinski definition) is 1. The molecule has 0 saturated carbocycles. The Bertz CT molecular complexity index is 775. The number of pyridine rings is 1. The molecule has 2 N–H and O–H groups in total. The number of nitrogen functional groups attached to an aromatic ring is 1. The van der Waals surface area contributed by atoms with Gasteiger partial charge in [-0.2, -0.15) is 0 Å². The van der Waals surface area contributed by atoms with Gasteiger partial charge in [-0.3, -0.25) is 4.99 Å². The number of nitrogens with two attached hydrogens (primary N) is 1. The molecule has 2 rings (SSSR count). The molecule has 22 heavy (non-hydrogen) atoms. The zero-order chi connectivity index (χ0) is 16.1. The van der Waals surface area contributed by atoms with Gasteiger partial charge in [-0.15, -0.1) is 11.3 Å². The van der Waals surface area contributed by atoms with Gasteiger partial charge in [0.2, 0.25) is 0 Å². The second-order valence-electron chi connectivity index (χ2n) is 4.49. The van der Waals surface area contributed by atoms with Crippen molar-refractivity contribution < 1.29 is 9.53 Å². The van der Waals surface area contributed by atoms with Gasteiger partial charge >= 0.3 is 5.97 Å². The first-order chi connectivity index (χ1) is 10.6. The summed E-state index contributed by atoms with van der Waals surface area (Å²) < 4.78 is 5.01. The Morgan fingerprint density at radius 2 is 2.32 bits per heavy atom. The van der Waals surface area contributed by atoms with Crippen molar-refractivity contribution >= 4 is 45.5 Å². The largest absolute Gasteiger partial charge is 0.462 e. The van der Waals surface area contributed by atoms with Crippen molar-refractivity contribution in [3.8, 4) is 0 Å². The second kappa shape index (κ2) is 7.00. The molecule has 0 bridgehead atoms. The standard InChI is InChI=1S/C16H17N3O2S/c1-4-21-16(20)14-13(17)11-7-8-12(19-15(11)22-14)10(2)6-5-9-18-3/h5-9H,3-4,17H2,1-2H3/b9-5-,10-6+. The van der Waals surface area contributed by atoms with Crippen LogP contribution in [0.5, 0.6) is 0 Å². The summed E-state index contributed by atoms with van der Waals surface area (Å²) in [7, 11) is 0. The number of esters is 1. The Morgan fingerprint density at radius 1 is 1.55 bits per heavy atom. The zero-order valence-corrected chi connectivity index (χ0v) is 13.3. The van der Waals surface area contributed by atoms with Gasteiger partial charge < -0.3 is 10.5 Å². The van der Waals surface area contributed by atoms with Gasteiger partial charge in [0, 0.05) is 11.6 Å². The molecule has 0 amide bonds. The van der Waals surface area contributed by atoms with E-state index in [0.717, 1.165) is 21.5 Å². The van der Waals surface area contributed by atoms with Crippen LogP contribution in [0.1, 0.15) is 29.2 Å². The minimum atomic E-state index is -0.406. The lowest BCUT2D eigenvalue weighted by Gasteiger charge is -2.00. The Balaban J connectivity index is 2.43. The molecule has 2 aromatic rings. The number of rotatable bonds is 5. The lowest BCUT2D eigenvalue weighted by molar-refractivity contribution is 0.0533. The predicted octanol–water partition coefficient (Wildman–Crippen LogP) is 3.67. The minimum Gasteiger partial charge on any atom is -0.462 e. The number of ether oxygens (including phenoxy) is 1. The zero-order valence-electron chi connectivity index (χ0n) is 12.5. The third-order valence-electron chi connectivity index (χ3n) is 3.00. The van der Waals surface area contributed by atoms with Crippen LogP contribution in [0.15, 0.2) is 35.5 Å². The highest BCUT2D eigenvalue weighted by molar-refractivity contribution is 7.21. The van der Waals surface area contributed by atoms with E-state index < -0.39 is 5.97 Å². The number of carbonyl (C=O) groups is 1. The number of nitrogens with zero attached hydrogens (tertiary/aromatic N) is 2. The van der Waals surface area contributed by atoms with Gasteiger partial charge in [0.15, 0.2) is 0 Å². The minimum absolute atomic E-state index is 0.316. The average molecular weight is 315 g/mol. The first-order valence-electron chi connectivity index (χ1n) is 6.74. The molecule has 0 fully saturated rings. The Morgan fingerprint density at radius 3 is 3.00 bits per heavy atom. The molecule has 114 valence electrons. The summed E-state index contributed by atoms with van der Waals surface area (Å²) in [5.74, 6) is -0.406. The summed E-state index contributed by atoms with van der Waals surface area (Å²) in [6.45, 7) is 7.40. The van der Waals surface area contributed by atoms with Crippen LogP contribution >= 0.6 is 11.3 Å². The molecule has 0 aromatic carbocycles. The molecule has 0 spiro atoms. The van der Waals surface area contributed by atoms with E-state index in [1.807, 2.05) is 25.1 Å². The number of fused-ring (bicyclic) bond motifs is 1. The molecule has 2 heterocycles. The van der Waals surface area contributed by atoms with Crippen molar-refractivity contribution in [2.24, 2.45) is 4.99 Å². The van der Waals surface area contributed by atoms with E-state index in [0.29, 0.717) is 17.2 Å². The highest BCUT2D eigenvalue weighted by atomic mass is 32.1. The van der Waals surface area contributed by atoms with Crippen molar-refractivity contribution in [1.82, 2.24) is 4.98 Å². The van der Waals surface area contributed by atoms with Gasteiger partial charge in [-0.1, -0.05) is 6.08 Å². The van der Waals surface area contributed by atoms with E-state index in [1.54, 1.807) is 19.2 Å². The number of aromatic nitrogens is 1. The van der Waals surface area contributed by atoms with Gasteiger partial charge in [0.25, 0.3) is 0 Å². The molecule has 0 aliphatic carbocycles. The Kier molecular flexibility index (Phi) is 5.06. The summed E-state index contributed by atoms with van der Waals surface area (Å²) in [6, 6.07) is 3.75. The number of thiophene rings is 1. The van der Waals surface area contributed by atoms with Crippen LogP contribution in [0.2, 0.25) is 0 Å². The Labute approximate surface area is 132 Å². The summed E-state index contributed by atoms with van der Waals surface area (Å²) in [4.78, 5) is 21.2. The van der Waals surface area contributed by atoms with Crippen molar-refractivity contribution in [2.75, 3.05) is 12.3 Å². The number of allylic oxidation sites excluding steroid dienone is 3. The normalized spacial score (nSPS) is 12.0. The third kappa shape index (κ3) is 3.23. The summed E-state index contributed by atoms with van der Waals surface area (Å²) >= 11 is 1.25. The van der Waals surface area contributed by atoms with Crippen molar-refractivity contribution in [3.05, 3.63) is 41.1 Å². The molecule has 0 radical (unpaired) electrons. The molecule has 0 atom stereocenters. The van der Waals surface area contributed by atoms with E-state index >= 15 is 0 Å². The van der Waals surface area contributed by atoms with Crippen LogP contribution in [0.3, 0.4) is 0 Å². The van der Waals surface area contributed by atoms with E-state index in [4.69, 9.17) is 10.5 Å². The smallest absolute Gasteiger partial charge is 0.350 e. The van der Waals surface area contributed by atoms with Crippen molar-refractivity contribution in [2.45, 2.75) is 13.8 Å². The maximum Gasteiger partial charge on any atom is 0.350 e. The van der Waals surface area contributed by atoms with Gasteiger partial charge in [0.05, 0.1) is 18.0 Å². The molecular formula is C16H17N3O2S. The summed E-state index contributed by atoms with van der Waals surface area (Å²) in [5.41, 5.74) is 8.24. The fourth-order valence-corrected chi connectivity index (χ4v) is 2.89. The van der Waals surface area contributed by atoms with Crippen molar-refractivity contribution in [3.63, 3.8) is 0 Å². The topological polar surface area (TPSA) is 77.6 Å². The SMILES string of the molecule is C=N/C=C\C=C(/C)c1ccc2c(N)c(C(=O)OCC)sc2n1. The number of anilines is 1. The Hall–Kier alpha value is -2.47. The first-order valence-corrected chi connectivity index (χ1v) is 7.56. The molecule has 0 saturated heterocycles. The molecular weight excluding hydrogens is 298 g/mol. The first kappa shape index (κ1) is 15.9. The summed E-state index contributed by atoms with van der Waals surface area (Å²) in [5, 5.41) is 0.771. The molecule has 0 aliphatic heterocycles. The quantitative estimate of drug-likeness (QED) is 0.519. The molecule has 5 nitrogen and oxygen atoms in total. The fraction of sp³-hybridized carbons (Fsp3) is 0.188. The number of aliphatic imine (C=N–C) groups is 1.